The van der Waals surface area contributed by atoms with E-state index in [9.17, 15) is 8.42 Å². The zero-order valence-electron chi connectivity index (χ0n) is 10.2. The van der Waals surface area contributed by atoms with Crippen LogP contribution in [0.25, 0.3) is 0 Å². The number of primary sulfonamides is 1. The molecule has 5 nitrogen and oxygen atoms in total. The summed E-state index contributed by atoms with van der Waals surface area (Å²) in [6.07, 6.45) is 4.15. The van der Waals surface area contributed by atoms with Gasteiger partial charge in [0.25, 0.3) is 0 Å². The maximum atomic E-state index is 11.5. The number of hydrogen-bond acceptors (Lipinski definition) is 4. The van der Waals surface area contributed by atoms with E-state index in [1.165, 1.54) is 6.07 Å². The van der Waals surface area contributed by atoms with Crippen molar-refractivity contribution in [2.45, 2.75) is 36.1 Å². The van der Waals surface area contributed by atoms with Gasteiger partial charge in [-0.2, -0.15) is 0 Å². The zero-order chi connectivity index (χ0) is 13.2. The highest BCUT2D eigenvalue weighted by Crippen LogP contribution is 2.34. The molecule has 0 spiro atoms. The SMILES string of the molecule is NCC1(Nc2ccccc2S(N)(=O)=O)CCCC1. The molecule has 1 aliphatic rings. The predicted octanol–water partition coefficient (Wildman–Crippen LogP) is 1.02. The third-order valence-corrected chi connectivity index (χ3v) is 4.51. The fourth-order valence-electron chi connectivity index (χ4n) is 2.54. The number of nitrogens with two attached hydrogens (primary N) is 2. The summed E-state index contributed by atoms with van der Waals surface area (Å²) < 4.78 is 23.1. The van der Waals surface area contributed by atoms with Crippen molar-refractivity contribution in [1.29, 1.82) is 0 Å². The maximum Gasteiger partial charge on any atom is 0.240 e. The highest BCUT2D eigenvalue weighted by atomic mass is 32.2. The first-order chi connectivity index (χ1) is 8.47. The van der Waals surface area contributed by atoms with Crippen molar-refractivity contribution in [3.05, 3.63) is 24.3 Å². The Morgan fingerprint density at radius 3 is 2.39 bits per heavy atom. The molecule has 1 aromatic rings. The van der Waals surface area contributed by atoms with Crippen molar-refractivity contribution in [2.75, 3.05) is 11.9 Å². The fourth-order valence-corrected chi connectivity index (χ4v) is 3.23. The van der Waals surface area contributed by atoms with Crippen LogP contribution < -0.4 is 16.2 Å². The summed E-state index contributed by atoms with van der Waals surface area (Å²) in [6.45, 7) is 0.492. The molecule has 0 radical (unpaired) electrons. The minimum Gasteiger partial charge on any atom is -0.377 e. The van der Waals surface area contributed by atoms with E-state index in [-0.39, 0.29) is 10.4 Å². The van der Waals surface area contributed by atoms with Gasteiger partial charge in [-0.3, -0.25) is 0 Å². The highest BCUT2D eigenvalue weighted by Gasteiger charge is 2.33. The average Bonchev–Trinajstić information content (AvgIpc) is 2.78. The minimum absolute atomic E-state index is 0.129. The van der Waals surface area contributed by atoms with Crippen molar-refractivity contribution < 1.29 is 8.42 Å². The van der Waals surface area contributed by atoms with E-state index in [2.05, 4.69) is 5.32 Å². The second-order valence-electron chi connectivity index (χ2n) is 4.86. The number of nitrogens with one attached hydrogen (secondary N) is 1. The summed E-state index contributed by atoms with van der Waals surface area (Å²) in [7, 11) is -3.71. The van der Waals surface area contributed by atoms with Gasteiger partial charge in [-0.15, -0.1) is 0 Å². The molecule has 1 fully saturated rings. The Hall–Kier alpha value is -1.11. The maximum absolute atomic E-state index is 11.5. The predicted molar refractivity (Wildman–Crippen MR) is 71.7 cm³/mol. The van der Waals surface area contributed by atoms with E-state index in [1.807, 2.05) is 0 Å². The fraction of sp³-hybridized carbons (Fsp3) is 0.500. The highest BCUT2D eigenvalue weighted by molar-refractivity contribution is 7.89. The number of rotatable bonds is 4. The molecule has 2 rings (SSSR count). The Morgan fingerprint density at radius 2 is 1.83 bits per heavy atom. The van der Waals surface area contributed by atoms with E-state index in [1.54, 1.807) is 18.2 Å². The largest absolute Gasteiger partial charge is 0.377 e. The Bertz CT molecular complexity index is 522. The summed E-state index contributed by atoms with van der Waals surface area (Å²) in [5.74, 6) is 0. The van der Waals surface area contributed by atoms with Crippen LogP contribution in [0.15, 0.2) is 29.2 Å². The van der Waals surface area contributed by atoms with E-state index in [4.69, 9.17) is 10.9 Å². The van der Waals surface area contributed by atoms with Crippen LogP contribution in [0.5, 0.6) is 0 Å². The van der Waals surface area contributed by atoms with Crippen LogP contribution in [-0.4, -0.2) is 20.5 Å². The molecule has 0 aliphatic heterocycles. The number of hydrogen-bond donors (Lipinski definition) is 3. The van der Waals surface area contributed by atoms with Crippen LogP contribution in [0.1, 0.15) is 25.7 Å². The molecule has 0 unspecified atom stereocenters. The van der Waals surface area contributed by atoms with Crippen LogP contribution in [-0.2, 0) is 10.0 Å². The van der Waals surface area contributed by atoms with Crippen molar-refractivity contribution >= 4 is 15.7 Å². The quantitative estimate of drug-likeness (QED) is 0.760. The monoisotopic (exact) mass is 269 g/mol. The number of para-hydroxylation sites is 1. The third-order valence-electron chi connectivity index (χ3n) is 3.54. The Kier molecular flexibility index (Phi) is 3.61. The van der Waals surface area contributed by atoms with Crippen LogP contribution in [0, 0.1) is 0 Å². The summed E-state index contributed by atoms with van der Waals surface area (Å²) in [5, 5.41) is 8.51. The van der Waals surface area contributed by atoms with Gasteiger partial charge in [0.2, 0.25) is 10.0 Å². The lowest BCUT2D eigenvalue weighted by Crippen LogP contribution is -2.43. The lowest BCUT2D eigenvalue weighted by molar-refractivity contribution is 0.492. The number of sulfonamides is 1. The lowest BCUT2D eigenvalue weighted by atomic mass is 9.97. The Balaban J connectivity index is 2.35. The Morgan fingerprint density at radius 1 is 1.22 bits per heavy atom. The lowest BCUT2D eigenvalue weighted by Gasteiger charge is -2.30. The van der Waals surface area contributed by atoms with Crippen molar-refractivity contribution in [3.8, 4) is 0 Å². The van der Waals surface area contributed by atoms with Crippen LogP contribution in [0.3, 0.4) is 0 Å². The second-order valence-corrected chi connectivity index (χ2v) is 6.39. The van der Waals surface area contributed by atoms with Crippen molar-refractivity contribution in [3.63, 3.8) is 0 Å². The van der Waals surface area contributed by atoms with Gasteiger partial charge in [0.1, 0.15) is 4.90 Å². The van der Waals surface area contributed by atoms with Gasteiger partial charge >= 0.3 is 0 Å². The first-order valence-electron chi connectivity index (χ1n) is 6.07. The zero-order valence-corrected chi connectivity index (χ0v) is 11.0. The molecule has 0 saturated heterocycles. The standard InChI is InChI=1S/C12H19N3O2S/c13-9-12(7-3-4-8-12)15-10-5-1-2-6-11(10)18(14,16)17/h1-2,5-6,15H,3-4,7-9,13H2,(H2,14,16,17). The van der Waals surface area contributed by atoms with E-state index in [0.717, 1.165) is 25.7 Å². The van der Waals surface area contributed by atoms with Gasteiger partial charge in [-0.25, -0.2) is 13.6 Å². The molecule has 18 heavy (non-hydrogen) atoms. The molecule has 1 saturated carbocycles. The summed E-state index contributed by atoms with van der Waals surface area (Å²) in [4.78, 5) is 0.129. The van der Waals surface area contributed by atoms with Gasteiger partial charge < -0.3 is 11.1 Å². The van der Waals surface area contributed by atoms with Gasteiger partial charge in [0, 0.05) is 12.1 Å². The van der Waals surface area contributed by atoms with Gasteiger partial charge in [-0.1, -0.05) is 25.0 Å². The van der Waals surface area contributed by atoms with Crippen LogP contribution in [0.2, 0.25) is 0 Å². The van der Waals surface area contributed by atoms with Gasteiger partial charge in [0.15, 0.2) is 0 Å². The van der Waals surface area contributed by atoms with E-state index >= 15 is 0 Å². The molecule has 100 valence electrons. The topological polar surface area (TPSA) is 98.2 Å². The van der Waals surface area contributed by atoms with E-state index in [0.29, 0.717) is 12.2 Å². The number of benzene rings is 1. The molecule has 6 heteroatoms. The van der Waals surface area contributed by atoms with Crippen molar-refractivity contribution in [1.82, 2.24) is 0 Å². The Labute approximate surface area is 108 Å². The second kappa shape index (κ2) is 4.87. The summed E-state index contributed by atoms with van der Waals surface area (Å²) >= 11 is 0. The molecule has 0 heterocycles. The smallest absolute Gasteiger partial charge is 0.240 e. The molecule has 0 bridgehead atoms. The molecule has 0 atom stereocenters. The average molecular weight is 269 g/mol. The molecular formula is C12H19N3O2S. The van der Waals surface area contributed by atoms with Gasteiger partial charge in [0.05, 0.1) is 5.69 Å². The summed E-state index contributed by atoms with van der Waals surface area (Å²) in [6, 6.07) is 6.69. The molecule has 5 N–H and O–H groups in total. The third kappa shape index (κ3) is 2.66. The van der Waals surface area contributed by atoms with E-state index < -0.39 is 10.0 Å². The summed E-state index contributed by atoms with van der Waals surface area (Å²) in [5.41, 5.74) is 6.19. The number of anilines is 1. The molecule has 1 aliphatic carbocycles. The molecular weight excluding hydrogens is 250 g/mol. The minimum atomic E-state index is -3.71. The first kappa shape index (κ1) is 13.3. The van der Waals surface area contributed by atoms with Crippen molar-refractivity contribution in [2.24, 2.45) is 10.9 Å². The molecule has 0 aromatic heterocycles. The van der Waals surface area contributed by atoms with Gasteiger partial charge in [-0.05, 0) is 25.0 Å². The normalized spacial score (nSPS) is 18.8. The molecule has 1 aromatic carbocycles. The van der Waals surface area contributed by atoms with Crippen LogP contribution >= 0.6 is 0 Å². The first-order valence-corrected chi connectivity index (χ1v) is 7.62. The molecule has 0 amide bonds. The van der Waals surface area contributed by atoms with Crippen LogP contribution in [0.4, 0.5) is 5.69 Å².